The van der Waals surface area contributed by atoms with E-state index in [4.69, 9.17) is 5.11 Å². The molecule has 0 amide bonds. The van der Waals surface area contributed by atoms with Gasteiger partial charge in [-0.1, -0.05) is 15.9 Å². The van der Waals surface area contributed by atoms with E-state index < -0.39 is 12.6 Å². The van der Waals surface area contributed by atoms with Crippen molar-refractivity contribution in [3.63, 3.8) is 0 Å². The number of hydrogen-bond acceptors (Lipinski definition) is 1. The van der Waals surface area contributed by atoms with Crippen LogP contribution < -0.4 is 0 Å². The molecule has 13 heavy (non-hydrogen) atoms. The number of halogens is 2. The lowest BCUT2D eigenvalue weighted by Gasteiger charge is -2.01. The number of aromatic carboxylic acids is 1. The lowest BCUT2D eigenvalue weighted by atomic mass is 10.1. The predicted octanol–water partition coefficient (Wildman–Crippen LogP) is 2.66. The maximum atomic E-state index is 12.0. The van der Waals surface area contributed by atoms with Crippen molar-refractivity contribution in [3.05, 3.63) is 33.8 Å². The number of rotatable bonds is 3. The molecule has 0 spiro atoms. The summed E-state index contributed by atoms with van der Waals surface area (Å²) in [5, 5.41) is 8.69. The van der Waals surface area contributed by atoms with E-state index in [0.29, 0.717) is 10.0 Å². The van der Waals surface area contributed by atoms with Crippen molar-refractivity contribution < 1.29 is 14.3 Å². The Labute approximate surface area is 83.5 Å². The molecular weight excluding hydrogens is 239 g/mol. The van der Waals surface area contributed by atoms with Gasteiger partial charge in [-0.3, -0.25) is 4.39 Å². The molecule has 0 unspecified atom stereocenters. The molecule has 0 bridgehead atoms. The van der Waals surface area contributed by atoms with E-state index in [9.17, 15) is 9.18 Å². The summed E-state index contributed by atoms with van der Waals surface area (Å²) < 4.78 is 12.6. The summed E-state index contributed by atoms with van der Waals surface area (Å²) in [6.07, 6.45) is 0.250. The molecule has 1 N–H and O–H groups in total. The molecule has 1 rings (SSSR count). The zero-order valence-corrected chi connectivity index (χ0v) is 8.34. The van der Waals surface area contributed by atoms with Crippen molar-refractivity contribution in [2.45, 2.75) is 6.42 Å². The molecule has 70 valence electrons. The zero-order valence-electron chi connectivity index (χ0n) is 6.76. The fourth-order valence-corrected chi connectivity index (χ4v) is 1.57. The molecule has 0 aliphatic rings. The first-order valence-corrected chi connectivity index (χ1v) is 4.51. The summed E-state index contributed by atoms with van der Waals surface area (Å²) in [7, 11) is 0. The van der Waals surface area contributed by atoms with Gasteiger partial charge in [0.25, 0.3) is 0 Å². The van der Waals surface area contributed by atoms with E-state index in [1.54, 1.807) is 6.07 Å². The number of benzene rings is 1. The highest BCUT2D eigenvalue weighted by atomic mass is 79.9. The third-order valence-electron chi connectivity index (χ3n) is 1.59. The molecule has 0 atom stereocenters. The van der Waals surface area contributed by atoms with Crippen LogP contribution in [0.3, 0.4) is 0 Å². The molecule has 4 heteroatoms. The van der Waals surface area contributed by atoms with Gasteiger partial charge in [0, 0.05) is 10.9 Å². The summed E-state index contributed by atoms with van der Waals surface area (Å²) >= 11 is 3.17. The zero-order chi connectivity index (χ0) is 9.84. The minimum absolute atomic E-state index is 0.179. The van der Waals surface area contributed by atoms with Crippen LogP contribution >= 0.6 is 15.9 Å². The van der Waals surface area contributed by atoms with Crippen LogP contribution in [0.4, 0.5) is 4.39 Å². The van der Waals surface area contributed by atoms with Gasteiger partial charge < -0.3 is 5.11 Å². The molecule has 0 heterocycles. The van der Waals surface area contributed by atoms with Crippen LogP contribution in [0.1, 0.15) is 15.9 Å². The predicted molar refractivity (Wildman–Crippen MR) is 50.8 cm³/mol. The van der Waals surface area contributed by atoms with E-state index in [-0.39, 0.29) is 12.0 Å². The third kappa shape index (κ3) is 2.81. The Hall–Kier alpha value is -0.900. The van der Waals surface area contributed by atoms with Crippen LogP contribution in [-0.4, -0.2) is 17.8 Å². The lowest BCUT2D eigenvalue weighted by Crippen LogP contribution is -1.98. The second kappa shape index (κ2) is 4.37. The average Bonchev–Trinajstić information content (AvgIpc) is 2.03. The standard InChI is InChI=1S/C9H8BrFO2/c10-8-4-6(1-2-11)3-7(5-8)9(12)13/h3-5H,1-2H2,(H,12,13). The Kier molecular flexibility index (Phi) is 3.42. The van der Waals surface area contributed by atoms with Crippen LogP contribution in [0.25, 0.3) is 0 Å². The van der Waals surface area contributed by atoms with Crippen molar-refractivity contribution in [1.82, 2.24) is 0 Å². The molecule has 0 radical (unpaired) electrons. The monoisotopic (exact) mass is 246 g/mol. The summed E-state index contributed by atoms with van der Waals surface area (Å²) in [5.74, 6) is -0.999. The Morgan fingerprint density at radius 2 is 2.15 bits per heavy atom. The maximum absolute atomic E-state index is 12.0. The Balaban J connectivity index is 3.03. The van der Waals surface area contributed by atoms with Crippen molar-refractivity contribution in [2.24, 2.45) is 0 Å². The first-order valence-electron chi connectivity index (χ1n) is 3.72. The molecule has 0 aromatic heterocycles. The normalized spacial score (nSPS) is 10.0. The molecular formula is C9H8BrFO2. The van der Waals surface area contributed by atoms with Gasteiger partial charge in [-0.05, 0) is 23.8 Å². The highest BCUT2D eigenvalue weighted by Crippen LogP contribution is 2.16. The van der Waals surface area contributed by atoms with Crippen molar-refractivity contribution >= 4 is 21.9 Å². The first-order chi connectivity index (χ1) is 6.13. The molecule has 0 saturated carbocycles. The summed E-state index contributed by atoms with van der Waals surface area (Å²) in [4.78, 5) is 10.6. The maximum Gasteiger partial charge on any atom is 0.335 e. The molecule has 1 aromatic carbocycles. The second-order valence-electron chi connectivity index (χ2n) is 2.59. The number of hydrogen-bond donors (Lipinski definition) is 1. The molecule has 0 fully saturated rings. The molecule has 0 aliphatic heterocycles. The van der Waals surface area contributed by atoms with Crippen LogP contribution in [0, 0.1) is 0 Å². The average molecular weight is 247 g/mol. The number of carboxylic acid groups (broad SMARTS) is 1. The highest BCUT2D eigenvalue weighted by molar-refractivity contribution is 9.10. The van der Waals surface area contributed by atoms with E-state index in [2.05, 4.69) is 15.9 Å². The Morgan fingerprint density at radius 1 is 1.46 bits per heavy atom. The van der Waals surface area contributed by atoms with Crippen LogP contribution in [0.15, 0.2) is 22.7 Å². The Bertz CT molecular complexity index is 325. The summed E-state index contributed by atoms with van der Waals surface area (Å²) in [5.41, 5.74) is 0.868. The molecule has 0 aliphatic carbocycles. The second-order valence-corrected chi connectivity index (χ2v) is 3.51. The van der Waals surface area contributed by atoms with E-state index in [1.165, 1.54) is 12.1 Å². The number of carbonyl (C=O) groups is 1. The molecule has 1 aromatic rings. The Morgan fingerprint density at radius 3 is 2.69 bits per heavy atom. The topological polar surface area (TPSA) is 37.3 Å². The van der Waals surface area contributed by atoms with Crippen molar-refractivity contribution in [3.8, 4) is 0 Å². The SMILES string of the molecule is O=C(O)c1cc(Br)cc(CCF)c1. The van der Waals surface area contributed by atoms with Crippen molar-refractivity contribution in [2.75, 3.05) is 6.67 Å². The highest BCUT2D eigenvalue weighted by Gasteiger charge is 2.05. The van der Waals surface area contributed by atoms with Gasteiger partial charge in [0.2, 0.25) is 0 Å². The number of alkyl halides is 1. The van der Waals surface area contributed by atoms with Gasteiger partial charge in [0.1, 0.15) is 0 Å². The fraction of sp³-hybridized carbons (Fsp3) is 0.222. The van der Waals surface area contributed by atoms with Gasteiger partial charge in [0.15, 0.2) is 0 Å². The smallest absolute Gasteiger partial charge is 0.335 e. The largest absolute Gasteiger partial charge is 0.478 e. The minimum Gasteiger partial charge on any atom is -0.478 e. The number of carboxylic acids is 1. The molecule has 2 nitrogen and oxygen atoms in total. The van der Waals surface area contributed by atoms with Gasteiger partial charge in [-0.2, -0.15) is 0 Å². The van der Waals surface area contributed by atoms with Gasteiger partial charge >= 0.3 is 5.97 Å². The summed E-state index contributed by atoms with van der Waals surface area (Å²) in [6.45, 7) is -0.477. The van der Waals surface area contributed by atoms with Gasteiger partial charge in [0.05, 0.1) is 12.2 Å². The quantitative estimate of drug-likeness (QED) is 0.891. The van der Waals surface area contributed by atoms with Crippen LogP contribution in [-0.2, 0) is 6.42 Å². The van der Waals surface area contributed by atoms with Crippen LogP contribution in [0.2, 0.25) is 0 Å². The van der Waals surface area contributed by atoms with E-state index in [0.717, 1.165) is 0 Å². The number of aryl methyl sites for hydroxylation is 1. The minimum atomic E-state index is -0.999. The third-order valence-corrected chi connectivity index (χ3v) is 2.05. The van der Waals surface area contributed by atoms with E-state index >= 15 is 0 Å². The first kappa shape index (κ1) is 10.2. The van der Waals surface area contributed by atoms with Crippen molar-refractivity contribution in [1.29, 1.82) is 0 Å². The fourth-order valence-electron chi connectivity index (χ4n) is 1.03. The van der Waals surface area contributed by atoms with Gasteiger partial charge in [-0.25, -0.2) is 4.79 Å². The van der Waals surface area contributed by atoms with Gasteiger partial charge in [-0.15, -0.1) is 0 Å². The molecule has 0 saturated heterocycles. The van der Waals surface area contributed by atoms with Crippen LogP contribution in [0.5, 0.6) is 0 Å². The lowest BCUT2D eigenvalue weighted by molar-refractivity contribution is 0.0696. The van der Waals surface area contributed by atoms with E-state index in [1.807, 2.05) is 0 Å². The summed E-state index contributed by atoms with van der Waals surface area (Å²) in [6, 6.07) is 4.68.